The maximum Gasteiger partial charge on any atom is 0.330 e. The van der Waals surface area contributed by atoms with Gasteiger partial charge in [0.15, 0.2) is 0 Å². The van der Waals surface area contributed by atoms with E-state index in [1.807, 2.05) is 0 Å². The van der Waals surface area contributed by atoms with Gasteiger partial charge in [0, 0.05) is 12.2 Å². The fourth-order valence-electron chi connectivity index (χ4n) is 7.91. The van der Waals surface area contributed by atoms with Crippen LogP contribution in [0.1, 0.15) is 47.9 Å². The first-order valence-corrected chi connectivity index (χ1v) is 15.2. The first-order valence-electron chi connectivity index (χ1n) is 15.2. The minimum atomic E-state index is -0.626. The summed E-state index contributed by atoms with van der Waals surface area (Å²) in [6, 6.07) is 25.4. The molecule has 4 heteroatoms. The highest BCUT2D eigenvalue weighted by Crippen LogP contribution is 2.59. The Hall–Kier alpha value is -4.96. The fourth-order valence-corrected chi connectivity index (χ4v) is 7.91. The van der Waals surface area contributed by atoms with Gasteiger partial charge in [-0.3, -0.25) is 0 Å². The van der Waals surface area contributed by atoms with Gasteiger partial charge in [0.25, 0.3) is 0 Å². The topological polar surface area (TPSA) is 52.6 Å². The van der Waals surface area contributed by atoms with Crippen molar-refractivity contribution in [2.75, 3.05) is 13.2 Å². The van der Waals surface area contributed by atoms with Gasteiger partial charge in [-0.05, 0) is 70.2 Å². The van der Waals surface area contributed by atoms with Gasteiger partial charge in [-0.15, -0.1) is 0 Å². The lowest BCUT2D eigenvalue weighted by molar-refractivity contribution is -0.139. The molecular weight excluding hydrogens is 544 g/mol. The Labute approximate surface area is 258 Å². The lowest BCUT2D eigenvalue weighted by atomic mass is 9.65. The molecule has 218 valence electrons. The van der Waals surface area contributed by atoms with Gasteiger partial charge in [-0.2, -0.15) is 0 Å². The lowest BCUT2D eigenvalue weighted by Gasteiger charge is -2.40. The van der Waals surface area contributed by atoms with Crippen molar-refractivity contribution in [3.05, 3.63) is 161 Å². The number of allylic oxidation sites excluding steroid dienone is 5. The smallest absolute Gasteiger partial charge is 0.330 e. The highest BCUT2D eigenvalue weighted by Gasteiger charge is 2.51. The second kappa shape index (κ2) is 10.9. The first kappa shape index (κ1) is 27.8. The molecule has 4 aliphatic carbocycles. The number of esters is 2. The second-order valence-electron chi connectivity index (χ2n) is 11.8. The van der Waals surface area contributed by atoms with Gasteiger partial charge >= 0.3 is 11.9 Å². The average molecular weight is 579 g/mol. The number of ether oxygens (including phenoxy) is 2. The van der Waals surface area contributed by atoms with Crippen LogP contribution in [0.4, 0.5) is 0 Å². The van der Waals surface area contributed by atoms with Crippen molar-refractivity contribution in [2.45, 2.75) is 36.5 Å². The fraction of sp³-hybridized carbons (Fsp3) is 0.200. The minimum Gasteiger partial charge on any atom is -0.461 e. The Morgan fingerprint density at radius 3 is 1.64 bits per heavy atom. The number of carbonyl (C=O) groups is 2. The molecule has 0 radical (unpaired) electrons. The molecule has 0 bridgehead atoms. The largest absolute Gasteiger partial charge is 0.461 e. The van der Waals surface area contributed by atoms with Crippen LogP contribution in [-0.4, -0.2) is 25.2 Å². The second-order valence-corrected chi connectivity index (χ2v) is 11.8. The highest BCUT2D eigenvalue weighted by molar-refractivity contribution is 5.93. The average Bonchev–Trinajstić information content (AvgIpc) is 3.54. The van der Waals surface area contributed by atoms with Gasteiger partial charge in [-0.1, -0.05) is 121 Å². The van der Waals surface area contributed by atoms with Gasteiger partial charge in [0.2, 0.25) is 0 Å². The molecule has 4 nitrogen and oxygen atoms in total. The molecule has 4 aliphatic rings. The molecule has 0 saturated heterocycles. The predicted octanol–water partition coefficient (Wildman–Crippen LogP) is 8.11. The van der Waals surface area contributed by atoms with E-state index in [4.69, 9.17) is 9.47 Å². The molecule has 1 atom stereocenters. The predicted molar refractivity (Wildman–Crippen MR) is 174 cm³/mol. The first-order chi connectivity index (χ1) is 21.5. The zero-order valence-electron chi connectivity index (χ0n) is 24.7. The summed E-state index contributed by atoms with van der Waals surface area (Å²) >= 11 is 0. The summed E-state index contributed by atoms with van der Waals surface area (Å²) in [6.07, 6.45) is 15.0. The van der Waals surface area contributed by atoms with Gasteiger partial charge in [-0.25, -0.2) is 9.59 Å². The van der Waals surface area contributed by atoms with E-state index in [2.05, 4.69) is 110 Å². The number of hydrogen-bond acceptors (Lipinski definition) is 4. The maximum absolute atomic E-state index is 12.5. The minimum absolute atomic E-state index is 0.184. The van der Waals surface area contributed by atoms with Crippen LogP contribution in [0.2, 0.25) is 0 Å². The van der Waals surface area contributed by atoms with Crippen LogP contribution < -0.4 is 0 Å². The quantitative estimate of drug-likeness (QED) is 0.200. The van der Waals surface area contributed by atoms with E-state index in [1.54, 1.807) is 0 Å². The number of hydrogen-bond donors (Lipinski definition) is 0. The molecule has 3 aromatic carbocycles. The zero-order valence-corrected chi connectivity index (χ0v) is 24.7. The van der Waals surface area contributed by atoms with E-state index < -0.39 is 22.8 Å². The number of carbonyl (C=O) groups excluding carboxylic acids is 2. The summed E-state index contributed by atoms with van der Waals surface area (Å²) in [5.41, 5.74) is 10.6. The van der Waals surface area contributed by atoms with Crippen molar-refractivity contribution in [2.24, 2.45) is 0 Å². The summed E-state index contributed by atoms with van der Waals surface area (Å²) in [5.74, 6) is -0.863. The van der Waals surface area contributed by atoms with E-state index in [-0.39, 0.29) is 13.2 Å². The molecule has 0 amide bonds. The normalized spacial score (nSPS) is 20.4. The Morgan fingerprint density at radius 1 is 0.636 bits per heavy atom. The van der Waals surface area contributed by atoms with Crippen molar-refractivity contribution < 1.29 is 19.1 Å². The van der Waals surface area contributed by atoms with E-state index >= 15 is 0 Å². The third kappa shape index (κ3) is 4.05. The standard InChI is InChI=1S/C40H34O4/c1-3-37(41)43-25-39(33-17-9-5-13-29(33)30-14-6-10-18-34(30)39)27-21-23-28(24-22-27)40(26-44-38(42)4-2)35-19-11-7-15-31(35)32-16-8-12-20-36(32)40/h3-7,9-11,13-21,23H,1-2,8,12,22,24-26H2. The van der Waals surface area contributed by atoms with Crippen LogP contribution in [0, 0.1) is 0 Å². The van der Waals surface area contributed by atoms with Crippen LogP contribution in [0.25, 0.3) is 16.7 Å². The Morgan fingerprint density at radius 2 is 1.09 bits per heavy atom. The summed E-state index contributed by atoms with van der Waals surface area (Å²) in [7, 11) is 0. The SMILES string of the molecule is C=CC(=O)OCC1(C2=CC=C(C3(COC(=O)C=C)c4ccccc4-c4ccccc43)CC2)C2=CCCC=C2c2ccccc21. The Bertz CT molecular complexity index is 1800. The van der Waals surface area contributed by atoms with E-state index in [1.165, 1.54) is 45.6 Å². The van der Waals surface area contributed by atoms with Crippen LogP contribution in [0.15, 0.2) is 139 Å². The van der Waals surface area contributed by atoms with Crippen molar-refractivity contribution in [1.29, 1.82) is 0 Å². The van der Waals surface area contributed by atoms with Crippen LogP contribution in [0.3, 0.4) is 0 Å². The molecule has 7 rings (SSSR count). The summed E-state index contributed by atoms with van der Waals surface area (Å²) in [4.78, 5) is 24.9. The van der Waals surface area contributed by atoms with E-state index in [0.717, 1.165) is 47.9 Å². The molecule has 0 saturated carbocycles. The molecule has 0 fully saturated rings. The summed E-state index contributed by atoms with van der Waals surface area (Å²) < 4.78 is 11.8. The van der Waals surface area contributed by atoms with Crippen LogP contribution in [0.5, 0.6) is 0 Å². The number of benzene rings is 3. The maximum atomic E-state index is 12.5. The molecule has 0 heterocycles. The molecule has 44 heavy (non-hydrogen) atoms. The van der Waals surface area contributed by atoms with Crippen LogP contribution in [-0.2, 0) is 29.9 Å². The molecule has 0 spiro atoms. The van der Waals surface area contributed by atoms with Gasteiger partial charge in [0.05, 0.1) is 10.8 Å². The van der Waals surface area contributed by atoms with E-state index in [9.17, 15) is 9.59 Å². The molecule has 0 N–H and O–H groups in total. The van der Waals surface area contributed by atoms with Crippen molar-refractivity contribution in [3.63, 3.8) is 0 Å². The summed E-state index contributed by atoms with van der Waals surface area (Å²) in [6.45, 7) is 7.66. The Balaban J connectivity index is 1.41. The molecule has 1 unspecified atom stereocenters. The van der Waals surface area contributed by atoms with E-state index in [0.29, 0.717) is 0 Å². The third-order valence-electron chi connectivity index (χ3n) is 9.80. The van der Waals surface area contributed by atoms with Crippen molar-refractivity contribution in [3.8, 4) is 11.1 Å². The third-order valence-corrected chi connectivity index (χ3v) is 9.80. The lowest BCUT2D eigenvalue weighted by Crippen LogP contribution is -2.38. The van der Waals surface area contributed by atoms with Crippen molar-refractivity contribution in [1.82, 2.24) is 0 Å². The number of rotatable bonds is 8. The highest BCUT2D eigenvalue weighted by atomic mass is 16.5. The van der Waals surface area contributed by atoms with Crippen molar-refractivity contribution >= 4 is 17.5 Å². The summed E-state index contributed by atoms with van der Waals surface area (Å²) in [5, 5.41) is 0. The Kier molecular flexibility index (Phi) is 6.93. The molecular formula is C40H34O4. The molecule has 0 aliphatic heterocycles. The zero-order chi connectivity index (χ0) is 30.3. The monoisotopic (exact) mass is 578 g/mol. The van der Waals surface area contributed by atoms with Gasteiger partial charge in [0.1, 0.15) is 13.2 Å². The van der Waals surface area contributed by atoms with Gasteiger partial charge < -0.3 is 9.47 Å². The van der Waals surface area contributed by atoms with Crippen LogP contribution >= 0.6 is 0 Å². The number of fused-ring (bicyclic) bond motifs is 6. The molecule has 0 aromatic heterocycles. The molecule has 3 aromatic rings.